The van der Waals surface area contributed by atoms with E-state index in [4.69, 9.17) is 4.98 Å². The quantitative estimate of drug-likeness (QED) is 0.702. The number of likely N-dealkylation sites (N-methyl/N-ethyl adjacent to an activating group) is 1. The first-order valence-electron chi connectivity index (χ1n) is 8.34. The molecule has 4 rings (SSSR count). The fourth-order valence-electron chi connectivity index (χ4n) is 3.42. The van der Waals surface area contributed by atoms with E-state index >= 15 is 0 Å². The van der Waals surface area contributed by atoms with Crippen molar-refractivity contribution in [2.45, 2.75) is 25.8 Å². The van der Waals surface area contributed by atoms with Crippen LogP contribution < -0.4 is 4.90 Å². The van der Waals surface area contributed by atoms with Gasteiger partial charge in [0.1, 0.15) is 22.5 Å². The van der Waals surface area contributed by atoms with E-state index < -0.39 is 0 Å². The van der Waals surface area contributed by atoms with Gasteiger partial charge in [0.15, 0.2) is 0 Å². The van der Waals surface area contributed by atoms with Crippen LogP contribution in [0.25, 0.3) is 20.7 Å². The zero-order valence-electron chi connectivity index (χ0n) is 14.5. The molecule has 1 saturated heterocycles. The number of carbonyl (C=O) groups excluding carboxylic acids is 1. The van der Waals surface area contributed by atoms with Gasteiger partial charge in [0, 0.05) is 36.5 Å². The molecule has 1 amide bonds. The predicted molar refractivity (Wildman–Crippen MR) is 105 cm³/mol. The first kappa shape index (κ1) is 16.5. The highest BCUT2D eigenvalue weighted by atomic mass is 32.1. The lowest BCUT2D eigenvalue weighted by Crippen LogP contribution is -2.43. The fraction of sp³-hybridized carbons (Fsp3) is 0.389. The molecular formula is C18H20N4OS2. The van der Waals surface area contributed by atoms with Crippen LogP contribution in [0.2, 0.25) is 0 Å². The van der Waals surface area contributed by atoms with E-state index in [-0.39, 0.29) is 11.9 Å². The molecule has 0 bridgehead atoms. The number of aryl methyl sites for hydroxylation is 1. The SMILES string of the molecule is Cc1nc(N2CCCC2C(=O)N(C)C)c2c(-c3cccs3)csc2n1. The van der Waals surface area contributed by atoms with Crippen LogP contribution in [0, 0.1) is 6.92 Å². The summed E-state index contributed by atoms with van der Waals surface area (Å²) >= 11 is 3.37. The number of fused-ring (bicyclic) bond motifs is 1. The average Bonchev–Trinajstić information content (AvgIpc) is 3.32. The molecule has 0 aliphatic carbocycles. The van der Waals surface area contributed by atoms with Gasteiger partial charge in [0.2, 0.25) is 5.91 Å². The molecule has 25 heavy (non-hydrogen) atoms. The van der Waals surface area contributed by atoms with Gasteiger partial charge >= 0.3 is 0 Å². The van der Waals surface area contributed by atoms with Gasteiger partial charge in [0.05, 0.1) is 5.39 Å². The van der Waals surface area contributed by atoms with Crippen LogP contribution in [0.3, 0.4) is 0 Å². The summed E-state index contributed by atoms with van der Waals surface area (Å²) < 4.78 is 0. The van der Waals surface area contributed by atoms with Crippen LogP contribution in [0.5, 0.6) is 0 Å². The Labute approximate surface area is 154 Å². The van der Waals surface area contributed by atoms with Crippen molar-refractivity contribution in [3.8, 4) is 10.4 Å². The maximum Gasteiger partial charge on any atom is 0.244 e. The largest absolute Gasteiger partial charge is 0.347 e. The van der Waals surface area contributed by atoms with Crippen LogP contribution in [0.4, 0.5) is 5.82 Å². The van der Waals surface area contributed by atoms with Crippen molar-refractivity contribution in [3.05, 3.63) is 28.7 Å². The van der Waals surface area contributed by atoms with Gasteiger partial charge in [-0.25, -0.2) is 9.97 Å². The zero-order chi connectivity index (χ0) is 17.6. The Morgan fingerprint density at radius 2 is 2.16 bits per heavy atom. The van der Waals surface area contributed by atoms with E-state index in [1.54, 1.807) is 27.6 Å². The van der Waals surface area contributed by atoms with Crippen molar-refractivity contribution < 1.29 is 4.79 Å². The summed E-state index contributed by atoms with van der Waals surface area (Å²) in [5.41, 5.74) is 1.17. The molecule has 130 valence electrons. The number of nitrogens with zero attached hydrogens (tertiary/aromatic N) is 4. The number of rotatable bonds is 3. The van der Waals surface area contributed by atoms with Crippen LogP contribution in [-0.4, -0.2) is 47.5 Å². The summed E-state index contributed by atoms with van der Waals surface area (Å²) in [4.78, 5) is 28.1. The Morgan fingerprint density at radius 1 is 1.32 bits per heavy atom. The standard InChI is InChI=1S/C18H20N4OS2/c1-11-19-16(22-8-4-6-13(22)18(23)21(2)3)15-12(10-25-17(15)20-11)14-7-5-9-24-14/h5,7,9-10,13H,4,6,8H2,1-3H3. The number of carbonyl (C=O) groups is 1. The fourth-order valence-corrected chi connectivity index (χ4v) is 5.22. The molecule has 1 aliphatic heterocycles. The summed E-state index contributed by atoms with van der Waals surface area (Å²) in [5, 5.41) is 5.32. The molecule has 5 nitrogen and oxygen atoms in total. The molecule has 0 saturated carbocycles. The van der Waals surface area contributed by atoms with Crippen molar-refractivity contribution in [2.24, 2.45) is 0 Å². The second-order valence-corrected chi connectivity index (χ2v) is 8.29. The third-order valence-electron chi connectivity index (χ3n) is 4.56. The second-order valence-electron chi connectivity index (χ2n) is 6.49. The monoisotopic (exact) mass is 372 g/mol. The molecule has 1 unspecified atom stereocenters. The van der Waals surface area contributed by atoms with Gasteiger partial charge in [-0.3, -0.25) is 4.79 Å². The van der Waals surface area contributed by atoms with Gasteiger partial charge in [0.25, 0.3) is 0 Å². The minimum absolute atomic E-state index is 0.136. The Hall–Kier alpha value is -1.99. The molecule has 0 radical (unpaired) electrons. The summed E-state index contributed by atoms with van der Waals surface area (Å²) in [6.07, 6.45) is 1.88. The molecular weight excluding hydrogens is 352 g/mol. The number of hydrogen-bond acceptors (Lipinski definition) is 6. The summed E-state index contributed by atoms with van der Waals surface area (Å²) in [6.45, 7) is 2.78. The number of anilines is 1. The van der Waals surface area contributed by atoms with Crippen molar-refractivity contribution in [3.63, 3.8) is 0 Å². The van der Waals surface area contributed by atoms with Crippen LogP contribution in [-0.2, 0) is 4.79 Å². The molecule has 0 N–H and O–H groups in total. The van der Waals surface area contributed by atoms with Crippen molar-refractivity contribution in [1.29, 1.82) is 0 Å². The van der Waals surface area contributed by atoms with E-state index in [1.807, 2.05) is 21.0 Å². The van der Waals surface area contributed by atoms with E-state index in [0.717, 1.165) is 41.2 Å². The van der Waals surface area contributed by atoms with E-state index in [1.165, 1.54) is 10.4 Å². The van der Waals surface area contributed by atoms with E-state index in [9.17, 15) is 4.79 Å². The van der Waals surface area contributed by atoms with Gasteiger partial charge in [-0.15, -0.1) is 22.7 Å². The maximum atomic E-state index is 12.6. The van der Waals surface area contributed by atoms with Gasteiger partial charge in [-0.05, 0) is 31.2 Å². The van der Waals surface area contributed by atoms with Gasteiger partial charge in [-0.1, -0.05) is 6.07 Å². The lowest BCUT2D eigenvalue weighted by molar-refractivity contribution is -0.129. The molecule has 3 aromatic heterocycles. The Bertz CT molecular complexity index is 917. The topological polar surface area (TPSA) is 49.3 Å². The zero-order valence-corrected chi connectivity index (χ0v) is 16.2. The smallest absolute Gasteiger partial charge is 0.244 e. The minimum Gasteiger partial charge on any atom is -0.347 e. The first-order valence-corrected chi connectivity index (χ1v) is 10.1. The number of hydrogen-bond donors (Lipinski definition) is 0. The summed E-state index contributed by atoms with van der Waals surface area (Å²) in [5.74, 6) is 1.81. The van der Waals surface area contributed by atoms with E-state index in [2.05, 4.69) is 32.8 Å². The Balaban J connectivity index is 1.89. The lowest BCUT2D eigenvalue weighted by Gasteiger charge is -2.28. The van der Waals surface area contributed by atoms with Crippen LogP contribution in [0.1, 0.15) is 18.7 Å². The highest BCUT2D eigenvalue weighted by Gasteiger charge is 2.34. The molecule has 0 aromatic carbocycles. The third kappa shape index (κ3) is 2.81. The number of aromatic nitrogens is 2. The highest BCUT2D eigenvalue weighted by molar-refractivity contribution is 7.18. The van der Waals surface area contributed by atoms with Crippen molar-refractivity contribution in [2.75, 3.05) is 25.5 Å². The van der Waals surface area contributed by atoms with Crippen LogP contribution >= 0.6 is 22.7 Å². The third-order valence-corrected chi connectivity index (χ3v) is 6.34. The maximum absolute atomic E-state index is 12.6. The van der Waals surface area contributed by atoms with E-state index in [0.29, 0.717) is 0 Å². The Kier molecular flexibility index (Phi) is 4.21. The van der Waals surface area contributed by atoms with Crippen molar-refractivity contribution >= 4 is 44.6 Å². The first-order chi connectivity index (χ1) is 12.1. The molecule has 0 spiro atoms. The van der Waals surface area contributed by atoms with Gasteiger partial charge in [-0.2, -0.15) is 0 Å². The molecule has 7 heteroatoms. The Morgan fingerprint density at radius 3 is 2.88 bits per heavy atom. The lowest BCUT2D eigenvalue weighted by atomic mass is 10.1. The van der Waals surface area contributed by atoms with Crippen molar-refractivity contribution in [1.82, 2.24) is 14.9 Å². The molecule has 1 atom stereocenters. The predicted octanol–water partition coefficient (Wildman–Crippen LogP) is 3.79. The van der Waals surface area contributed by atoms with Gasteiger partial charge < -0.3 is 9.80 Å². The second kappa shape index (κ2) is 6.38. The minimum atomic E-state index is -0.136. The molecule has 1 aliphatic rings. The molecule has 3 aromatic rings. The molecule has 4 heterocycles. The normalized spacial score (nSPS) is 17.4. The van der Waals surface area contributed by atoms with Crippen LogP contribution in [0.15, 0.2) is 22.9 Å². The summed E-state index contributed by atoms with van der Waals surface area (Å²) in [6, 6.07) is 4.05. The summed E-state index contributed by atoms with van der Waals surface area (Å²) in [7, 11) is 3.64. The highest BCUT2D eigenvalue weighted by Crippen LogP contribution is 2.41. The number of thiophene rings is 2. The number of amides is 1. The molecule has 1 fully saturated rings. The average molecular weight is 373 g/mol.